The number of carbonyl (C=O) groups excluding carboxylic acids is 1. The molecule has 116 valence electrons. The van der Waals surface area contributed by atoms with Crippen LogP contribution in [-0.4, -0.2) is 68.7 Å². The first-order valence-corrected chi connectivity index (χ1v) is 10.4. The second-order valence-corrected chi connectivity index (χ2v) is 10.4. The van der Waals surface area contributed by atoms with E-state index < -0.39 is 48.5 Å². The molecule has 2 N–H and O–H groups in total. The fraction of sp³-hybridized carbons (Fsp3) is 0.889. The van der Waals surface area contributed by atoms with Crippen molar-refractivity contribution >= 4 is 48.9 Å². The van der Waals surface area contributed by atoms with Gasteiger partial charge in [-0.15, -0.1) is 23.2 Å². The lowest BCUT2D eigenvalue weighted by Crippen LogP contribution is -2.51. The highest BCUT2D eigenvalue weighted by Gasteiger charge is 2.40. The fourth-order valence-electron chi connectivity index (χ4n) is 2.25. The number of halogens is 2. The third kappa shape index (κ3) is 3.90. The third-order valence-corrected chi connectivity index (χ3v) is 7.95. The second-order valence-electron chi connectivity index (χ2n) is 5.02. The lowest BCUT2D eigenvalue weighted by molar-refractivity contribution is 0.235. The molecule has 0 aliphatic carbocycles. The molecule has 2 fully saturated rings. The standard InChI is InChI=1S/C9H14Cl2N2O5S2/c10-5-1-19(15,16)3-7(5)12-9(14)13-8-4-20(17,18)2-6(8)11/h5-8H,1-4H2,(H2,12,13,14). The summed E-state index contributed by atoms with van der Waals surface area (Å²) in [7, 11) is -6.49. The summed E-state index contributed by atoms with van der Waals surface area (Å²) in [6.07, 6.45) is 0. The van der Waals surface area contributed by atoms with Crippen molar-refractivity contribution in [3.63, 3.8) is 0 Å². The number of urea groups is 1. The Bertz CT molecular complexity index is 554. The molecule has 2 aliphatic rings. The van der Waals surface area contributed by atoms with E-state index in [2.05, 4.69) is 10.6 Å². The van der Waals surface area contributed by atoms with Crippen LogP contribution in [0.4, 0.5) is 4.79 Å². The predicted octanol–water partition coefficient (Wildman–Crippen LogP) is -0.906. The molecule has 0 spiro atoms. The van der Waals surface area contributed by atoms with Gasteiger partial charge >= 0.3 is 6.03 Å². The third-order valence-electron chi connectivity index (χ3n) is 3.20. The van der Waals surface area contributed by atoms with Gasteiger partial charge in [0.25, 0.3) is 0 Å². The minimum Gasteiger partial charge on any atom is -0.333 e. The fourth-order valence-corrected chi connectivity index (χ4v) is 7.35. The van der Waals surface area contributed by atoms with Gasteiger partial charge in [-0.05, 0) is 0 Å². The van der Waals surface area contributed by atoms with Gasteiger partial charge in [-0.25, -0.2) is 21.6 Å². The van der Waals surface area contributed by atoms with E-state index in [1.165, 1.54) is 0 Å². The maximum absolute atomic E-state index is 11.7. The molecular formula is C9H14Cl2N2O5S2. The minimum atomic E-state index is -3.24. The molecule has 2 amide bonds. The van der Waals surface area contributed by atoms with Crippen molar-refractivity contribution in [1.29, 1.82) is 0 Å². The van der Waals surface area contributed by atoms with E-state index >= 15 is 0 Å². The molecule has 2 aliphatic heterocycles. The van der Waals surface area contributed by atoms with Crippen LogP contribution in [0.5, 0.6) is 0 Å². The van der Waals surface area contributed by atoms with Crippen LogP contribution >= 0.6 is 23.2 Å². The Morgan fingerprint density at radius 2 is 1.15 bits per heavy atom. The Labute approximate surface area is 127 Å². The molecule has 2 saturated heterocycles. The van der Waals surface area contributed by atoms with Gasteiger partial charge in [0.1, 0.15) is 0 Å². The monoisotopic (exact) mass is 364 g/mol. The van der Waals surface area contributed by atoms with Crippen molar-refractivity contribution in [3.8, 4) is 0 Å². The van der Waals surface area contributed by atoms with Gasteiger partial charge in [-0.2, -0.15) is 0 Å². The Morgan fingerprint density at radius 3 is 1.40 bits per heavy atom. The maximum atomic E-state index is 11.7. The molecule has 0 aromatic carbocycles. The Hall–Kier alpha value is -0.250. The van der Waals surface area contributed by atoms with E-state index in [4.69, 9.17) is 23.2 Å². The lowest BCUT2D eigenvalue weighted by atomic mass is 10.2. The minimum absolute atomic E-state index is 0.185. The molecule has 4 unspecified atom stereocenters. The number of hydrogen-bond acceptors (Lipinski definition) is 5. The van der Waals surface area contributed by atoms with Crippen molar-refractivity contribution < 1.29 is 21.6 Å². The van der Waals surface area contributed by atoms with E-state index in [0.29, 0.717) is 0 Å². The molecule has 2 rings (SSSR count). The van der Waals surface area contributed by atoms with Crippen LogP contribution in [0.25, 0.3) is 0 Å². The summed E-state index contributed by atoms with van der Waals surface area (Å²) >= 11 is 11.7. The topological polar surface area (TPSA) is 109 Å². The number of alkyl halides is 2. The van der Waals surface area contributed by atoms with Crippen LogP contribution in [0.3, 0.4) is 0 Å². The van der Waals surface area contributed by atoms with Crippen LogP contribution in [0.1, 0.15) is 0 Å². The summed E-state index contributed by atoms with van der Waals surface area (Å²) in [4.78, 5) is 11.7. The average Bonchev–Trinajstić information content (AvgIpc) is 2.62. The van der Waals surface area contributed by atoms with Crippen LogP contribution in [0, 0.1) is 0 Å². The van der Waals surface area contributed by atoms with Gasteiger partial charge in [0.15, 0.2) is 19.7 Å². The normalized spacial score (nSPS) is 38.5. The summed E-state index contributed by atoms with van der Waals surface area (Å²) in [6.45, 7) is 0. The molecule has 11 heteroatoms. The molecule has 0 aromatic rings. The maximum Gasteiger partial charge on any atom is 0.315 e. The first-order chi connectivity index (χ1) is 9.08. The molecule has 7 nitrogen and oxygen atoms in total. The lowest BCUT2D eigenvalue weighted by Gasteiger charge is -2.19. The van der Waals surface area contributed by atoms with Crippen LogP contribution in [0.15, 0.2) is 0 Å². The number of nitrogens with one attached hydrogen (secondary N) is 2. The number of sulfone groups is 2. The zero-order valence-electron chi connectivity index (χ0n) is 10.3. The molecule has 4 atom stereocenters. The number of hydrogen-bond donors (Lipinski definition) is 2. The molecular weight excluding hydrogens is 351 g/mol. The largest absolute Gasteiger partial charge is 0.333 e. The summed E-state index contributed by atoms with van der Waals surface area (Å²) < 4.78 is 45.4. The summed E-state index contributed by atoms with van der Waals surface area (Å²) in [5.74, 6) is -0.811. The molecule has 20 heavy (non-hydrogen) atoms. The summed E-state index contributed by atoms with van der Waals surface area (Å²) in [6, 6.07) is -2.03. The SMILES string of the molecule is O=C(NC1CS(=O)(=O)CC1Cl)NC1CS(=O)(=O)CC1Cl. The van der Waals surface area contributed by atoms with Crippen molar-refractivity contribution in [2.45, 2.75) is 22.8 Å². The highest BCUT2D eigenvalue weighted by molar-refractivity contribution is 7.92. The first kappa shape index (κ1) is 16.1. The van der Waals surface area contributed by atoms with E-state index in [1.807, 2.05) is 0 Å². The highest BCUT2D eigenvalue weighted by atomic mass is 35.5. The molecule has 0 radical (unpaired) electrons. The zero-order valence-corrected chi connectivity index (χ0v) is 13.4. The quantitative estimate of drug-likeness (QED) is 0.616. The van der Waals surface area contributed by atoms with Gasteiger partial charge in [0.05, 0.1) is 45.8 Å². The summed E-state index contributed by atoms with van der Waals surface area (Å²) in [5, 5.41) is 3.51. The Balaban J connectivity index is 1.91. The van der Waals surface area contributed by atoms with Crippen molar-refractivity contribution in [1.82, 2.24) is 10.6 Å². The van der Waals surface area contributed by atoms with Gasteiger partial charge < -0.3 is 10.6 Å². The number of carbonyl (C=O) groups is 1. The van der Waals surface area contributed by atoms with Gasteiger partial charge in [0.2, 0.25) is 0 Å². The van der Waals surface area contributed by atoms with Crippen molar-refractivity contribution in [3.05, 3.63) is 0 Å². The smallest absolute Gasteiger partial charge is 0.315 e. The Morgan fingerprint density at radius 1 is 0.800 bits per heavy atom. The zero-order chi connectivity index (χ0) is 15.1. The van der Waals surface area contributed by atoms with E-state index in [1.54, 1.807) is 0 Å². The van der Waals surface area contributed by atoms with Crippen molar-refractivity contribution in [2.75, 3.05) is 23.0 Å². The first-order valence-electron chi connectivity index (χ1n) is 5.84. The molecule has 2 heterocycles. The number of rotatable bonds is 2. The van der Waals surface area contributed by atoms with Crippen LogP contribution < -0.4 is 10.6 Å². The van der Waals surface area contributed by atoms with Crippen LogP contribution in [-0.2, 0) is 19.7 Å². The molecule has 0 aromatic heterocycles. The van der Waals surface area contributed by atoms with Gasteiger partial charge in [0, 0.05) is 0 Å². The van der Waals surface area contributed by atoms with Gasteiger partial charge in [-0.3, -0.25) is 0 Å². The summed E-state index contributed by atoms with van der Waals surface area (Å²) in [5.41, 5.74) is 0. The van der Waals surface area contributed by atoms with Gasteiger partial charge in [-0.1, -0.05) is 0 Å². The van der Waals surface area contributed by atoms with E-state index in [9.17, 15) is 21.6 Å². The van der Waals surface area contributed by atoms with Crippen LogP contribution in [0.2, 0.25) is 0 Å². The Kier molecular flexibility index (Phi) is 4.44. The van der Waals surface area contributed by atoms with Crippen molar-refractivity contribution in [2.24, 2.45) is 0 Å². The predicted molar refractivity (Wildman–Crippen MR) is 75.8 cm³/mol. The molecule has 0 saturated carbocycles. The number of amides is 2. The second kappa shape index (κ2) is 5.51. The van der Waals surface area contributed by atoms with E-state index in [0.717, 1.165) is 0 Å². The molecule has 0 bridgehead atoms. The highest BCUT2D eigenvalue weighted by Crippen LogP contribution is 2.19. The van der Waals surface area contributed by atoms with E-state index in [-0.39, 0.29) is 23.0 Å². The average molecular weight is 365 g/mol.